The number of urea groups is 1. The smallest absolute Gasteiger partial charge is 0.352 e. The minimum atomic E-state index is -1.18. The fourth-order valence-electron chi connectivity index (χ4n) is 3.47. The molecule has 0 bridgehead atoms. The third-order valence-corrected chi connectivity index (χ3v) is 7.43. The molecule has 12 heteroatoms. The molecule has 1 aromatic carbocycles. The van der Waals surface area contributed by atoms with Gasteiger partial charge in [-0.15, -0.1) is 11.8 Å². The Labute approximate surface area is 198 Å². The first-order valence-electron chi connectivity index (χ1n) is 9.95. The number of carbonyl (C=O) groups excluding carboxylic acids is 2. The van der Waals surface area contributed by atoms with E-state index in [0.717, 1.165) is 5.56 Å². The Kier molecular flexibility index (Phi) is 7.04. The van der Waals surface area contributed by atoms with Crippen LogP contribution in [0.2, 0.25) is 0 Å². The van der Waals surface area contributed by atoms with E-state index in [1.54, 1.807) is 0 Å². The summed E-state index contributed by atoms with van der Waals surface area (Å²) in [6.45, 7) is 0.322. The molecule has 10 nitrogen and oxygen atoms in total. The van der Waals surface area contributed by atoms with E-state index in [1.807, 2.05) is 30.3 Å². The van der Waals surface area contributed by atoms with E-state index in [1.165, 1.54) is 47.9 Å². The molecular formula is C21H21N5O5S2. The molecule has 0 spiro atoms. The first kappa shape index (κ1) is 22.9. The van der Waals surface area contributed by atoms with Crippen molar-refractivity contribution in [3.8, 4) is 5.88 Å². The van der Waals surface area contributed by atoms with E-state index >= 15 is 0 Å². The lowest BCUT2D eigenvalue weighted by molar-refractivity contribution is -0.148. The van der Waals surface area contributed by atoms with Crippen molar-refractivity contribution in [3.63, 3.8) is 0 Å². The zero-order valence-corrected chi connectivity index (χ0v) is 19.2. The Hall–Kier alpha value is -3.25. The average Bonchev–Trinajstić information content (AvgIpc) is 2.84. The number of ether oxygens (including phenoxy) is 1. The quantitative estimate of drug-likeness (QED) is 0.376. The van der Waals surface area contributed by atoms with Gasteiger partial charge in [0.15, 0.2) is 5.03 Å². The molecule has 2 aliphatic heterocycles. The number of amides is 3. The number of carbonyl (C=O) groups is 3. The van der Waals surface area contributed by atoms with Crippen molar-refractivity contribution >= 4 is 41.4 Å². The highest BCUT2D eigenvalue weighted by molar-refractivity contribution is 8.01. The van der Waals surface area contributed by atoms with Gasteiger partial charge in [-0.25, -0.2) is 19.6 Å². The number of nitrogens with one attached hydrogen (secondary N) is 2. The second kappa shape index (κ2) is 10.1. The number of carboxylic acid groups (broad SMARTS) is 1. The molecule has 3 amide bonds. The molecule has 3 heterocycles. The maximum atomic E-state index is 12.8. The van der Waals surface area contributed by atoms with Crippen LogP contribution in [0.4, 0.5) is 4.79 Å². The number of fused-ring (bicyclic) bond motifs is 1. The molecule has 0 aliphatic carbocycles. The predicted octanol–water partition coefficient (Wildman–Crippen LogP) is 1.70. The van der Waals surface area contributed by atoms with Gasteiger partial charge >= 0.3 is 12.0 Å². The number of hydrogen-bond donors (Lipinski definition) is 3. The van der Waals surface area contributed by atoms with Gasteiger partial charge in [0.2, 0.25) is 5.88 Å². The fourth-order valence-corrected chi connectivity index (χ4v) is 5.89. The topological polar surface area (TPSA) is 134 Å². The van der Waals surface area contributed by atoms with Gasteiger partial charge in [-0.05, 0) is 11.1 Å². The first-order chi connectivity index (χ1) is 16.0. The van der Waals surface area contributed by atoms with Crippen LogP contribution in [0.25, 0.3) is 0 Å². The molecule has 172 valence electrons. The summed E-state index contributed by atoms with van der Waals surface area (Å²) in [5.74, 6) is -0.542. The number of hydrogen-bond acceptors (Lipinski definition) is 8. The third kappa shape index (κ3) is 4.91. The van der Waals surface area contributed by atoms with E-state index in [9.17, 15) is 19.5 Å². The number of nitrogens with zero attached hydrogens (tertiary/aromatic N) is 3. The Balaban J connectivity index is 1.40. The maximum absolute atomic E-state index is 12.8. The van der Waals surface area contributed by atoms with Crippen LogP contribution in [0.5, 0.6) is 5.88 Å². The summed E-state index contributed by atoms with van der Waals surface area (Å²) in [6.07, 6.45) is 3.04. The minimum absolute atomic E-state index is 0.0400. The van der Waals surface area contributed by atoms with Crippen molar-refractivity contribution in [1.29, 1.82) is 0 Å². The van der Waals surface area contributed by atoms with Gasteiger partial charge in [-0.2, -0.15) is 0 Å². The van der Waals surface area contributed by atoms with Gasteiger partial charge in [0, 0.05) is 30.4 Å². The summed E-state index contributed by atoms with van der Waals surface area (Å²) in [5, 5.41) is 15.3. The lowest BCUT2D eigenvalue weighted by Crippen LogP contribution is -2.71. The summed E-state index contributed by atoms with van der Waals surface area (Å²) in [4.78, 5) is 46.6. The molecule has 2 aromatic rings. The Morgan fingerprint density at radius 2 is 2.03 bits per heavy atom. The Morgan fingerprint density at radius 1 is 1.27 bits per heavy atom. The highest BCUT2D eigenvalue weighted by Crippen LogP contribution is 2.41. The highest BCUT2D eigenvalue weighted by atomic mass is 32.2. The van der Waals surface area contributed by atoms with Crippen LogP contribution >= 0.6 is 23.5 Å². The zero-order valence-electron chi connectivity index (χ0n) is 17.6. The van der Waals surface area contributed by atoms with Crippen LogP contribution in [-0.2, 0) is 16.1 Å². The largest absolute Gasteiger partial charge is 0.479 e. The van der Waals surface area contributed by atoms with Crippen LogP contribution in [0.3, 0.4) is 0 Å². The average molecular weight is 488 g/mol. The van der Waals surface area contributed by atoms with Gasteiger partial charge in [-0.1, -0.05) is 42.1 Å². The SMILES string of the molecule is COc1nccnc1SCC1=C(C(=O)O)N2C(=O)C(NC(=O)NCc3ccccc3)[C@H]2SC1. The molecule has 1 fully saturated rings. The van der Waals surface area contributed by atoms with Crippen LogP contribution in [0, 0.1) is 0 Å². The lowest BCUT2D eigenvalue weighted by atomic mass is 10.0. The van der Waals surface area contributed by atoms with Gasteiger partial charge in [0.1, 0.15) is 17.1 Å². The monoisotopic (exact) mass is 487 g/mol. The van der Waals surface area contributed by atoms with Crippen molar-refractivity contribution in [2.45, 2.75) is 23.0 Å². The van der Waals surface area contributed by atoms with Crippen molar-refractivity contribution in [2.24, 2.45) is 0 Å². The number of thioether (sulfide) groups is 2. The molecule has 1 saturated heterocycles. The van der Waals surface area contributed by atoms with Crippen LogP contribution in [0.1, 0.15) is 5.56 Å². The van der Waals surface area contributed by atoms with Crippen molar-refractivity contribution in [1.82, 2.24) is 25.5 Å². The molecule has 4 rings (SSSR count). The molecule has 0 radical (unpaired) electrons. The lowest BCUT2D eigenvalue weighted by Gasteiger charge is -2.49. The summed E-state index contributed by atoms with van der Waals surface area (Å²) in [6, 6.07) is 8.13. The number of carboxylic acids is 1. The van der Waals surface area contributed by atoms with Crippen molar-refractivity contribution in [3.05, 3.63) is 59.6 Å². The number of benzene rings is 1. The number of aliphatic carboxylic acids is 1. The number of aromatic nitrogens is 2. The predicted molar refractivity (Wildman–Crippen MR) is 123 cm³/mol. The van der Waals surface area contributed by atoms with Crippen LogP contribution in [0.15, 0.2) is 59.0 Å². The van der Waals surface area contributed by atoms with Gasteiger partial charge in [0.25, 0.3) is 5.91 Å². The molecule has 0 saturated carbocycles. The van der Waals surface area contributed by atoms with E-state index in [0.29, 0.717) is 34.5 Å². The minimum Gasteiger partial charge on any atom is -0.479 e. The molecule has 1 unspecified atom stereocenters. The number of rotatable bonds is 8. The van der Waals surface area contributed by atoms with E-state index < -0.39 is 29.3 Å². The zero-order chi connectivity index (χ0) is 23.4. The molecule has 2 atom stereocenters. The van der Waals surface area contributed by atoms with Crippen molar-refractivity contribution in [2.75, 3.05) is 18.6 Å². The molecular weight excluding hydrogens is 466 g/mol. The summed E-state index contributed by atoms with van der Waals surface area (Å²) < 4.78 is 5.18. The second-order valence-corrected chi connectivity index (χ2v) is 9.19. The first-order valence-corrected chi connectivity index (χ1v) is 12.0. The molecule has 1 aromatic heterocycles. The van der Waals surface area contributed by atoms with Gasteiger partial charge in [0.05, 0.1) is 7.11 Å². The van der Waals surface area contributed by atoms with Gasteiger partial charge < -0.3 is 20.5 Å². The van der Waals surface area contributed by atoms with E-state index in [2.05, 4.69) is 20.6 Å². The molecule has 2 aliphatic rings. The Bertz CT molecular complexity index is 1100. The normalized spacial score (nSPS) is 19.4. The second-order valence-electron chi connectivity index (χ2n) is 7.12. The van der Waals surface area contributed by atoms with Crippen LogP contribution < -0.4 is 15.4 Å². The number of methoxy groups -OCH3 is 1. The standard InChI is InChI=1S/C21H21N5O5S2/c1-31-16-17(23-8-7-22-16)32-10-13-11-33-19-14(18(27)26(19)15(13)20(28)29)25-21(30)24-9-12-5-3-2-4-6-12/h2-8,14,19H,9-11H2,1H3,(H,28,29)(H2,24,25,30)/t14?,19-/m1/s1. The molecule has 3 N–H and O–H groups in total. The summed E-state index contributed by atoms with van der Waals surface area (Å²) in [7, 11) is 1.49. The maximum Gasteiger partial charge on any atom is 0.352 e. The van der Waals surface area contributed by atoms with Gasteiger partial charge in [-0.3, -0.25) is 9.69 Å². The Morgan fingerprint density at radius 3 is 2.76 bits per heavy atom. The fraction of sp³-hybridized carbons (Fsp3) is 0.286. The molecule has 33 heavy (non-hydrogen) atoms. The van der Waals surface area contributed by atoms with Crippen LogP contribution in [-0.4, -0.2) is 67.9 Å². The third-order valence-electron chi connectivity index (χ3n) is 5.04. The summed E-state index contributed by atoms with van der Waals surface area (Å²) in [5.41, 5.74) is 1.49. The number of β-lactam (4-membered cyclic amide) rings is 1. The van der Waals surface area contributed by atoms with Crippen molar-refractivity contribution < 1.29 is 24.2 Å². The van der Waals surface area contributed by atoms with E-state index in [-0.39, 0.29) is 5.70 Å². The van der Waals surface area contributed by atoms with E-state index in [4.69, 9.17) is 4.74 Å². The summed E-state index contributed by atoms with van der Waals surface area (Å²) >= 11 is 2.71. The highest BCUT2D eigenvalue weighted by Gasteiger charge is 2.54.